The van der Waals surface area contributed by atoms with Gasteiger partial charge in [0.25, 0.3) is 0 Å². The first-order chi connectivity index (χ1) is 7.51. The number of ether oxygens (including phenoxy) is 1. The highest BCUT2D eigenvalue weighted by molar-refractivity contribution is 5.48. The maximum Gasteiger partial charge on any atom is 0.179 e. The van der Waals surface area contributed by atoms with E-state index in [-0.39, 0.29) is 18.1 Å². The van der Waals surface area contributed by atoms with Gasteiger partial charge in [-0.3, -0.25) is 0 Å². The van der Waals surface area contributed by atoms with Crippen LogP contribution in [0.4, 0.5) is 5.82 Å². The molecule has 0 saturated heterocycles. The Bertz CT molecular complexity index is 342. The van der Waals surface area contributed by atoms with Crippen molar-refractivity contribution in [3.05, 3.63) is 12.5 Å². The fourth-order valence-corrected chi connectivity index (χ4v) is 1.11. The predicted molar refractivity (Wildman–Crippen MR) is 62.5 cm³/mol. The molecule has 16 heavy (non-hydrogen) atoms. The zero-order chi connectivity index (χ0) is 12.2. The molecule has 0 aliphatic heterocycles. The molecule has 1 heterocycles. The van der Waals surface area contributed by atoms with Crippen LogP contribution in [-0.4, -0.2) is 34.8 Å². The maximum absolute atomic E-state index is 9.26. The summed E-state index contributed by atoms with van der Waals surface area (Å²) in [5.41, 5.74) is -0.226. The van der Waals surface area contributed by atoms with Crippen molar-refractivity contribution in [3.8, 4) is 5.75 Å². The van der Waals surface area contributed by atoms with Gasteiger partial charge in [-0.15, -0.1) is 0 Å². The fourth-order valence-electron chi connectivity index (χ4n) is 1.11. The van der Waals surface area contributed by atoms with E-state index < -0.39 is 0 Å². The van der Waals surface area contributed by atoms with Crippen molar-refractivity contribution in [2.75, 3.05) is 19.0 Å². The summed E-state index contributed by atoms with van der Waals surface area (Å²) in [6.07, 6.45) is 3.07. The summed E-state index contributed by atoms with van der Waals surface area (Å²) < 4.78 is 5.14. The van der Waals surface area contributed by atoms with Gasteiger partial charge in [0.15, 0.2) is 11.6 Å². The SMILES string of the molecule is COc1cncnc1NC(C)C(C)(C)CO. The Morgan fingerprint density at radius 1 is 1.56 bits per heavy atom. The van der Waals surface area contributed by atoms with Crippen molar-refractivity contribution < 1.29 is 9.84 Å². The number of anilines is 1. The number of aliphatic hydroxyl groups excluding tert-OH is 1. The zero-order valence-electron chi connectivity index (χ0n) is 10.2. The van der Waals surface area contributed by atoms with Crippen LogP contribution in [0.5, 0.6) is 5.75 Å². The van der Waals surface area contributed by atoms with E-state index in [9.17, 15) is 5.11 Å². The van der Waals surface area contributed by atoms with E-state index in [0.29, 0.717) is 11.6 Å². The highest BCUT2D eigenvalue weighted by Crippen LogP contribution is 2.26. The molecule has 0 radical (unpaired) electrons. The number of methoxy groups -OCH3 is 1. The van der Waals surface area contributed by atoms with Crippen molar-refractivity contribution in [1.29, 1.82) is 0 Å². The van der Waals surface area contributed by atoms with Crippen LogP contribution < -0.4 is 10.1 Å². The third kappa shape index (κ3) is 2.82. The number of rotatable bonds is 5. The molecule has 1 unspecified atom stereocenters. The minimum absolute atomic E-state index is 0.0706. The molecule has 1 aromatic rings. The molecule has 0 aliphatic rings. The van der Waals surface area contributed by atoms with Gasteiger partial charge in [-0.1, -0.05) is 13.8 Å². The van der Waals surface area contributed by atoms with Gasteiger partial charge >= 0.3 is 0 Å². The molecule has 2 N–H and O–H groups in total. The number of aromatic nitrogens is 2. The predicted octanol–water partition coefficient (Wildman–Crippen LogP) is 1.30. The molecule has 5 nitrogen and oxygen atoms in total. The van der Waals surface area contributed by atoms with Crippen molar-refractivity contribution in [2.45, 2.75) is 26.8 Å². The van der Waals surface area contributed by atoms with Crippen LogP contribution in [-0.2, 0) is 0 Å². The van der Waals surface area contributed by atoms with E-state index in [1.54, 1.807) is 13.3 Å². The van der Waals surface area contributed by atoms with E-state index in [1.807, 2.05) is 20.8 Å². The topological polar surface area (TPSA) is 67.3 Å². The van der Waals surface area contributed by atoms with E-state index in [1.165, 1.54) is 6.33 Å². The highest BCUT2D eigenvalue weighted by Gasteiger charge is 2.25. The Kier molecular flexibility index (Phi) is 4.06. The van der Waals surface area contributed by atoms with Gasteiger partial charge in [0.1, 0.15) is 6.33 Å². The molecule has 0 aliphatic carbocycles. The largest absolute Gasteiger partial charge is 0.491 e. The Balaban J connectivity index is 2.80. The van der Waals surface area contributed by atoms with Gasteiger partial charge < -0.3 is 15.2 Å². The normalized spacial score (nSPS) is 13.3. The third-order valence-corrected chi connectivity index (χ3v) is 2.83. The average molecular weight is 225 g/mol. The van der Waals surface area contributed by atoms with Crippen molar-refractivity contribution >= 4 is 5.82 Å². The minimum Gasteiger partial charge on any atom is -0.491 e. The molecular weight excluding hydrogens is 206 g/mol. The number of aliphatic hydroxyl groups is 1. The van der Waals surface area contributed by atoms with Gasteiger partial charge in [0.2, 0.25) is 0 Å². The molecule has 0 aromatic carbocycles. The van der Waals surface area contributed by atoms with Gasteiger partial charge in [0, 0.05) is 11.5 Å². The van der Waals surface area contributed by atoms with Crippen molar-refractivity contribution in [2.24, 2.45) is 5.41 Å². The Morgan fingerprint density at radius 2 is 2.25 bits per heavy atom. The lowest BCUT2D eigenvalue weighted by Crippen LogP contribution is -2.36. The second kappa shape index (κ2) is 5.12. The molecule has 0 bridgehead atoms. The third-order valence-electron chi connectivity index (χ3n) is 2.83. The number of nitrogens with one attached hydrogen (secondary N) is 1. The second-order valence-corrected chi connectivity index (χ2v) is 4.45. The highest BCUT2D eigenvalue weighted by atomic mass is 16.5. The lowest BCUT2D eigenvalue weighted by molar-refractivity contribution is 0.144. The summed E-state index contributed by atoms with van der Waals surface area (Å²) in [7, 11) is 1.58. The molecule has 1 rings (SSSR count). The summed E-state index contributed by atoms with van der Waals surface area (Å²) in [5, 5.41) is 12.5. The van der Waals surface area contributed by atoms with Crippen LogP contribution in [0, 0.1) is 5.41 Å². The van der Waals surface area contributed by atoms with Crippen LogP contribution in [0.15, 0.2) is 12.5 Å². The Morgan fingerprint density at radius 3 is 2.81 bits per heavy atom. The standard InChI is InChI=1S/C11H19N3O2/c1-8(11(2,3)6-15)14-10-9(16-4)5-12-7-13-10/h5,7-8,15H,6H2,1-4H3,(H,12,13,14). The van der Waals surface area contributed by atoms with Crippen LogP contribution in [0.25, 0.3) is 0 Å². The molecule has 0 fully saturated rings. The van der Waals surface area contributed by atoms with Gasteiger partial charge in [-0.2, -0.15) is 0 Å². The molecule has 1 aromatic heterocycles. The van der Waals surface area contributed by atoms with Crippen LogP contribution >= 0.6 is 0 Å². The van der Waals surface area contributed by atoms with Crippen molar-refractivity contribution in [3.63, 3.8) is 0 Å². The van der Waals surface area contributed by atoms with E-state index in [2.05, 4.69) is 15.3 Å². The van der Waals surface area contributed by atoms with Gasteiger partial charge in [-0.05, 0) is 6.92 Å². The Labute approximate surface area is 95.9 Å². The molecule has 1 atom stereocenters. The molecule has 0 saturated carbocycles. The van der Waals surface area contributed by atoms with Gasteiger partial charge in [0.05, 0.1) is 19.9 Å². The summed E-state index contributed by atoms with van der Waals surface area (Å²) in [6, 6.07) is 0.0706. The first-order valence-electron chi connectivity index (χ1n) is 5.22. The van der Waals surface area contributed by atoms with E-state index in [4.69, 9.17) is 4.74 Å². The first-order valence-corrected chi connectivity index (χ1v) is 5.22. The van der Waals surface area contributed by atoms with E-state index in [0.717, 1.165) is 0 Å². The minimum atomic E-state index is -0.226. The van der Waals surface area contributed by atoms with Crippen LogP contribution in [0.3, 0.4) is 0 Å². The van der Waals surface area contributed by atoms with Crippen molar-refractivity contribution in [1.82, 2.24) is 9.97 Å². The number of nitrogens with zero attached hydrogens (tertiary/aromatic N) is 2. The summed E-state index contributed by atoms with van der Waals surface area (Å²) >= 11 is 0. The lowest BCUT2D eigenvalue weighted by Gasteiger charge is -2.30. The van der Waals surface area contributed by atoms with Crippen LogP contribution in [0.1, 0.15) is 20.8 Å². The number of hydrogen-bond acceptors (Lipinski definition) is 5. The second-order valence-electron chi connectivity index (χ2n) is 4.45. The number of hydrogen-bond donors (Lipinski definition) is 2. The fraction of sp³-hybridized carbons (Fsp3) is 0.636. The summed E-state index contributed by atoms with van der Waals surface area (Å²) in [6.45, 7) is 6.07. The monoisotopic (exact) mass is 225 g/mol. The summed E-state index contributed by atoms with van der Waals surface area (Å²) in [5.74, 6) is 1.25. The van der Waals surface area contributed by atoms with Crippen LogP contribution in [0.2, 0.25) is 0 Å². The molecule has 5 heteroatoms. The van der Waals surface area contributed by atoms with E-state index >= 15 is 0 Å². The maximum atomic E-state index is 9.26. The average Bonchev–Trinajstić information content (AvgIpc) is 2.29. The quantitative estimate of drug-likeness (QED) is 0.790. The lowest BCUT2D eigenvalue weighted by atomic mass is 9.86. The Hall–Kier alpha value is -1.36. The summed E-state index contributed by atoms with van der Waals surface area (Å²) in [4.78, 5) is 7.99. The molecule has 0 spiro atoms. The molecular formula is C11H19N3O2. The molecule has 90 valence electrons. The first kappa shape index (κ1) is 12.7. The zero-order valence-corrected chi connectivity index (χ0v) is 10.2. The van der Waals surface area contributed by atoms with Gasteiger partial charge in [-0.25, -0.2) is 9.97 Å². The molecule has 0 amide bonds. The smallest absolute Gasteiger partial charge is 0.179 e.